The summed E-state index contributed by atoms with van der Waals surface area (Å²) in [6.45, 7) is 0. The van der Waals surface area contributed by atoms with Crippen LogP contribution in [-0.2, 0) is 12.8 Å². The Bertz CT molecular complexity index is 664. The molecular weight excluding hydrogens is 241 g/mol. The minimum Gasteiger partial charge on any atom is -0.399 e. The van der Waals surface area contributed by atoms with Gasteiger partial charge in [0.15, 0.2) is 5.78 Å². The molecule has 0 saturated heterocycles. The van der Waals surface area contributed by atoms with Crippen LogP contribution in [0.2, 0.25) is 0 Å². The van der Waals surface area contributed by atoms with Gasteiger partial charge in [0.1, 0.15) is 5.82 Å². The first-order valence-corrected chi connectivity index (χ1v) is 6.36. The van der Waals surface area contributed by atoms with Crippen LogP contribution in [0.1, 0.15) is 33.5 Å². The van der Waals surface area contributed by atoms with E-state index >= 15 is 0 Å². The van der Waals surface area contributed by atoms with Crippen molar-refractivity contribution >= 4 is 11.5 Å². The van der Waals surface area contributed by atoms with Crippen LogP contribution in [0.3, 0.4) is 0 Å². The minimum absolute atomic E-state index is 0.0761. The monoisotopic (exact) mass is 255 g/mol. The van der Waals surface area contributed by atoms with Gasteiger partial charge in [-0.05, 0) is 54.7 Å². The molecule has 2 aromatic carbocycles. The molecule has 0 radical (unpaired) electrons. The second kappa shape index (κ2) is 4.50. The lowest BCUT2D eigenvalue weighted by molar-refractivity contribution is 0.103. The van der Waals surface area contributed by atoms with E-state index in [0.717, 1.165) is 19.3 Å². The van der Waals surface area contributed by atoms with E-state index in [4.69, 9.17) is 5.73 Å². The standard InChI is InChI=1S/C16H14FNO/c17-15-9-13(18)6-7-14(15)16(19)12-5-4-10-2-1-3-11(10)8-12/h4-9H,1-3,18H2. The van der Waals surface area contributed by atoms with Crippen LogP contribution in [0.25, 0.3) is 0 Å². The molecule has 2 nitrogen and oxygen atoms in total. The molecule has 1 aliphatic carbocycles. The van der Waals surface area contributed by atoms with Gasteiger partial charge < -0.3 is 5.73 Å². The van der Waals surface area contributed by atoms with Crippen LogP contribution in [-0.4, -0.2) is 5.78 Å². The third-order valence-electron chi connectivity index (χ3n) is 3.60. The first-order chi connectivity index (χ1) is 9.15. The number of halogens is 1. The molecule has 0 atom stereocenters. The number of nitrogens with two attached hydrogens (primary N) is 1. The summed E-state index contributed by atoms with van der Waals surface area (Å²) >= 11 is 0. The molecule has 96 valence electrons. The summed E-state index contributed by atoms with van der Waals surface area (Å²) in [5.41, 5.74) is 8.94. The van der Waals surface area contributed by atoms with E-state index in [-0.39, 0.29) is 11.3 Å². The highest BCUT2D eigenvalue weighted by Gasteiger charge is 2.17. The van der Waals surface area contributed by atoms with Crippen LogP contribution in [0.5, 0.6) is 0 Å². The molecule has 1 aliphatic rings. The molecule has 0 bridgehead atoms. The number of ketones is 1. The third-order valence-corrected chi connectivity index (χ3v) is 3.60. The van der Waals surface area contributed by atoms with E-state index < -0.39 is 5.82 Å². The topological polar surface area (TPSA) is 43.1 Å². The largest absolute Gasteiger partial charge is 0.399 e. The average Bonchev–Trinajstić information content (AvgIpc) is 2.85. The normalized spacial score (nSPS) is 13.3. The number of nitrogen functional groups attached to an aromatic ring is 1. The van der Waals surface area contributed by atoms with Crippen LogP contribution < -0.4 is 5.73 Å². The molecule has 0 spiro atoms. The highest BCUT2D eigenvalue weighted by molar-refractivity contribution is 6.09. The Morgan fingerprint density at radius 1 is 1.05 bits per heavy atom. The number of hydrogen-bond acceptors (Lipinski definition) is 2. The Morgan fingerprint density at radius 2 is 1.84 bits per heavy atom. The van der Waals surface area contributed by atoms with Crippen molar-refractivity contribution in [2.75, 3.05) is 5.73 Å². The lowest BCUT2D eigenvalue weighted by atomic mass is 9.99. The molecule has 3 heteroatoms. The Balaban J connectivity index is 2.00. The van der Waals surface area contributed by atoms with E-state index in [9.17, 15) is 9.18 Å². The van der Waals surface area contributed by atoms with Crippen molar-refractivity contribution in [3.8, 4) is 0 Å². The van der Waals surface area contributed by atoms with Crippen molar-refractivity contribution in [3.63, 3.8) is 0 Å². The Hall–Kier alpha value is -2.16. The summed E-state index contributed by atoms with van der Waals surface area (Å²) in [6, 6.07) is 9.82. The van der Waals surface area contributed by atoms with Gasteiger partial charge in [0, 0.05) is 11.3 Å². The number of rotatable bonds is 2. The summed E-state index contributed by atoms with van der Waals surface area (Å²) < 4.78 is 13.8. The van der Waals surface area contributed by atoms with Gasteiger partial charge in [-0.1, -0.05) is 12.1 Å². The fourth-order valence-corrected chi connectivity index (χ4v) is 2.58. The van der Waals surface area contributed by atoms with Gasteiger partial charge in [0.25, 0.3) is 0 Å². The molecule has 0 aliphatic heterocycles. The van der Waals surface area contributed by atoms with Gasteiger partial charge in [-0.15, -0.1) is 0 Å². The first-order valence-electron chi connectivity index (χ1n) is 6.36. The molecule has 0 unspecified atom stereocenters. The number of anilines is 1. The van der Waals surface area contributed by atoms with E-state index in [1.165, 1.54) is 23.3 Å². The fraction of sp³-hybridized carbons (Fsp3) is 0.188. The molecule has 0 heterocycles. The molecule has 0 fully saturated rings. The second-order valence-corrected chi connectivity index (χ2v) is 4.91. The van der Waals surface area contributed by atoms with Crippen LogP contribution in [0, 0.1) is 5.82 Å². The number of aryl methyl sites for hydroxylation is 2. The number of carbonyl (C=O) groups excluding carboxylic acids is 1. The van der Waals surface area contributed by atoms with Gasteiger partial charge in [-0.25, -0.2) is 4.39 Å². The fourth-order valence-electron chi connectivity index (χ4n) is 2.58. The number of fused-ring (bicyclic) bond motifs is 1. The molecule has 0 aromatic heterocycles. The van der Waals surface area contributed by atoms with Crippen LogP contribution in [0.4, 0.5) is 10.1 Å². The van der Waals surface area contributed by atoms with Gasteiger partial charge in [0.2, 0.25) is 0 Å². The molecule has 0 saturated carbocycles. The van der Waals surface area contributed by atoms with Crippen LogP contribution in [0.15, 0.2) is 36.4 Å². The average molecular weight is 255 g/mol. The van der Waals surface area contributed by atoms with Gasteiger partial charge >= 0.3 is 0 Å². The number of hydrogen-bond donors (Lipinski definition) is 1. The summed E-state index contributed by atoms with van der Waals surface area (Å²) in [7, 11) is 0. The summed E-state index contributed by atoms with van der Waals surface area (Å²) in [5.74, 6) is -0.849. The lowest BCUT2D eigenvalue weighted by Gasteiger charge is -2.06. The number of carbonyl (C=O) groups is 1. The maximum atomic E-state index is 13.8. The zero-order valence-corrected chi connectivity index (χ0v) is 10.4. The maximum Gasteiger partial charge on any atom is 0.195 e. The molecule has 19 heavy (non-hydrogen) atoms. The summed E-state index contributed by atoms with van der Waals surface area (Å²) in [4.78, 5) is 12.3. The van der Waals surface area contributed by atoms with Crippen molar-refractivity contribution in [1.82, 2.24) is 0 Å². The SMILES string of the molecule is Nc1ccc(C(=O)c2ccc3c(c2)CCC3)c(F)c1. The molecular formula is C16H14FNO. The van der Waals surface area contributed by atoms with Crippen molar-refractivity contribution in [2.45, 2.75) is 19.3 Å². The zero-order chi connectivity index (χ0) is 13.4. The Labute approximate surface area is 111 Å². The third kappa shape index (κ3) is 2.12. The van der Waals surface area contributed by atoms with Crippen LogP contribution >= 0.6 is 0 Å². The van der Waals surface area contributed by atoms with E-state index in [1.54, 1.807) is 12.1 Å². The van der Waals surface area contributed by atoms with Gasteiger partial charge in [-0.3, -0.25) is 4.79 Å². The molecule has 3 rings (SSSR count). The summed E-state index contributed by atoms with van der Waals surface area (Å²) in [5, 5.41) is 0. The molecule has 2 N–H and O–H groups in total. The lowest BCUT2D eigenvalue weighted by Crippen LogP contribution is -2.05. The van der Waals surface area contributed by atoms with Crippen molar-refractivity contribution in [2.24, 2.45) is 0 Å². The van der Waals surface area contributed by atoms with E-state index in [0.29, 0.717) is 11.3 Å². The smallest absolute Gasteiger partial charge is 0.195 e. The van der Waals surface area contributed by atoms with E-state index in [1.807, 2.05) is 12.1 Å². The highest BCUT2D eigenvalue weighted by atomic mass is 19.1. The Morgan fingerprint density at radius 3 is 2.63 bits per heavy atom. The van der Waals surface area contributed by atoms with Gasteiger partial charge in [-0.2, -0.15) is 0 Å². The minimum atomic E-state index is -0.564. The molecule has 2 aromatic rings. The van der Waals surface area contributed by atoms with Gasteiger partial charge in [0.05, 0.1) is 5.56 Å². The predicted molar refractivity (Wildman–Crippen MR) is 72.7 cm³/mol. The zero-order valence-electron chi connectivity index (χ0n) is 10.4. The highest BCUT2D eigenvalue weighted by Crippen LogP contribution is 2.24. The number of benzene rings is 2. The van der Waals surface area contributed by atoms with Crippen molar-refractivity contribution in [3.05, 3.63) is 64.5 Å². The quantitative estimate of drug-likeness (QED) is 0.661. The predicted octanol–water partition coefficient (Wildman–Crippen LogP) is 3.13. The van der Waals surface area contributed by atoms with E-state index in [2.05, 4.69) is 0 Å². The second-order valence-electron chi connectivity index (χ2n) is 4.91. The molecule has 0 amide bonds. The van der Waals surface area contributed by atoms with Crippen molar-refractivity contribution in [1.29, 1.82) is 0 Å². The first kappa shape index (κ1) is 11.9. The summed E-state index contributed by atoms with van der Waals surface area (Å²) in [6.07, 6.45) is 3.20. The maximum absolute atomic E-state index is 13.8. The Kier molecular flexibility index (Phi) is 2.82. The van der Waals surface area contributed by atoms with Crippen molar-refractivity contribution < 1.29 is 9.18 Å².